The van der Waals surface area contributed by atoms with Crippen LogP contribution in [0.2, 0.25) is 0 Å². The average Bonchev–Trinajstić information content (AvgIpc) is 2.06. The number of rotatable bonds is 3. The lowest BCUT2D eigenvalue weighted by Crippen LogP contribution is -2.72. The molecule has 0 heterocycles. The molecular weight excluding hydrogens is 232 g/mol. The van der Waals surface area contributed by atoms with Crippen LogP contribution in [-0.2, 0) is 4.74 Å². The summed E-state index contributed by atoms with van der Waals surface area (Å²) in [7, 11) is 0. The molecule has 0 aromatic rings. The fourth-order valence-electron chi connectivity index (χ4n) is 4.82. The van der Waals surface area contributed by atoms with Gasteiger partial charge in [0.25, 0.3) is 0 Å². The van der Waals surface area contributed by atoms with Crippen LogP contribution in [0.5, 0.6) is 0 Å². The second kappa shape index (κ2) is 3.37. The van der Waals surface area contributed by atoms with Gasteiger partial charge in [0.1, 0.15) is 0 Å². The quantitative estimate of drug-likeness (QED) is 0.654. The van der Waals surface area contributed by atoms with Crippen LogP contribution in [0.15, 0.2) is 12.2 Å². The van der Waals surface area contributed by atoms with Gasteiger partial charge >= 0.3 is 0 Å². The molecule has 0 aliphatic heterocycles. The summed E-state index contributed by atoms with van der Waals surface area (Å²) in [5.74, 6) is 0. The predicted molar refractivity (Wildman–Crippen MR) is 66.0 cm³/mol. The van der Waals surface area contributed by atoms with Gasteiger partial charge in [-0.25, -0.2) is 0 Å². The topological polar surface area (TPSA) is 69.9 Å². The van der Waals surface area contributed by atoms with E-state index in [0.29, 0.717) is 45.1 Å². The monoisotopic (exact) mass is 254 g/mol. The van der Waals surface area contributed by atoms with E-state index in [4.69, 9.17) is 4.74 Å². The largest absolute Gasteiger partial charge is 0.390 e. The minimum absolute atomic E-state index is 0.362. The summed E-state index contributed by atoms with van der Waals surface area (Å²) in [6, 6.07) is 0. The summed E-state index contributed by atoms with van der Waals surface area (Å²) in [4.78, 5) is 0. The molecule has 0 saturated heterocycles. The molecule has 0 amide bonds. The van der Waals surface area contributed by atoms with Gasteiger partial charge in [0.05, 0.1) is 29.0 Å². The second-order valence-electron chi connectivity index (χ2n) is 7.16. The minimum atomic E-state index is -0.979. The van der Waals surface area contributed by atoms with Crippen LogP contribution in [-0.4, -0.2) is 44.3 Å². The number of hydrogen-bond donors (Lipinski definition) is 3. The zero-order chi connectivity index (χ0) is 13.2. The van der Waals surface area contributed by atoms with Crippen LogP contribution in [0.1, 0.15) is 45.4 Å². The zero-order valence-electron chi connectivity index (χ0n) is 10.9. The van der Waals surface area contributed by atoms with Crippen molar-refractivity contribution in [3.63, 3.8) is 0 Å². The van der Waals surface area contributed by atoms with Gasteiger partial charge in [-0.1, -0.05) is 12.2 Å². The van der Waals surface area contributed by atoms with Gasteiger partial charge < -0.3 is 20.1 Å². The standard InChI is InChI=1S/C14H22O4/c1-10(2)3-18-14-7-11(15)4-12(16,8-14)6-13(17,5-11)9-14/h15-17H,1,3-9H2,2H3. The van der Waals surface area contributed by atoms with Crippen LogP contribution < -0.4 is 0 Å². The van der Waals surface area contributed by atoms with Crippen molar-refractivity contribution in [1.29, 1.82) is 0 Å². The molecular formula is C14H22O4. The lowest BCUT2D eigenvalue weighted by Gasteiger charge is -2.65. The molecule has 4 aliphatic carbocycles. The van der Waals surface area contributed by atoms with Gasteiger partial charge in [-0.05, 0) is 6.92 Å². The highest BCUT2D eigenvalue weighted by Gasteiger charge is 2.68. The molecule has 0 spiro atoms. The van der Waals surface area contributed by atoms with Gasteiger partial charge in [-0.15, -0.1) is 0 Å². The van der Waals surface area contributed by atoms with E-state index >= 15 is 0 Å². The highest BCUT2D eigenvalue weighted by atomic mass is 16.5. The van der Waals surface area contributed by atoms with Crippen LogP contribution in [0, 0.1) is 0 Å². The summed E-state index contributed by atoms with van der Waals surface area (Å²) in [5.41, 5.74) is -2.61. The van der Waals surface area contributed by atoms with Gasteiger partial charge in [-0.3, -0.25) is 0 Å². The molecule has 4 saturated carbocycles. The van der Waals surface area contributed by atoms with Gasteiger partial charge in [0.15, 0.2) is 0 Å². The van der Waals surface area contributed by atoms with Crippen molar-refractivity contribution >= 4 is 0 Å². The molecule has 0 aromatic heterocycles. The third-order valence-corrected chi connectivity index (χ3v) is 4.55. The van der Waals surface area contributed by atoms with Crippen molar-refractivity contribution < 1.29 is 20.1 Å². The summed E-state index contributed by atoms with van der Waals surface area (Å²) >= 11 is 0. The van der Waals surface area contributed by atoms with Crippen LogP contribution >= 0.6 is 0 Å². The maximum absolute atomic E-state index is 10.5. The number of hydrogen-bond acceptors (Lipinski definition) is 4. The first kappa shape index (κ1) is 12.6. The highest BCUT2D eigenvalue weighted by molar-refractivity contribution is 5.21. The molecule has 0 unspecified atom stereocenters. The Balaban J connectivity index is 1.90. The Kier molecular flexibility index (Phi) is 2.36. The smallest absolute Gasteiger partial charge is 0.0769 e. The van der Waals surface area contributed by atoms with Crippen molar-refractivity contribution in [2.24, 2.45) is 0 Å². The van der Waals surface area contributed by atoms with E-state index in [1.165, 1.54) is 0 Å². The molecule has 102 valence electrons. The Morgan fingerprint density at radius 3 is 1.67 bits per heavy atom. The Morgan fingerprint density at radius 2 is 1.33 bits per heavy atom. The van der Waals surface area contributed by atoms with Crippen molar-refractivity contribution in [2.45, 2.75) is 67.9 Å². The van der Waals surface area contributed by atoms with Crippen molar-refractivity contribution in [3.8, 4) is 0 Å². The highest BCUT2D eigenvalue weighted by Crippen LogP contribution is 2.62. The van der Waals surface area contributed by atoms with Crippen molar-refractivity contribution in [2.75, 3.05) is 6.61 Å². The van der Waals surface area contributed by atoms with Gasteiger partial charge in [-0.2, -0.15) is 0 Å². The van der Waals surface area contributed by atoms with E-state index in [1.54, 1.807) is 0 Å². The Hall–Kier alpha value is -0.420. The van der Waals surface area contributed by atoms with E-state index in [1.807, 2.05) is 6.92 Å². The number of ether oxygens (including phenoxy) is 1. The lowest BCUT2D eigenvalue weighted by molar-refractivity contribution is -0.306. The third-order valence-electron chi connectivity index (χ3n) is 4.55. The molecule has 4 nitrogen and oxygen atoms in total. The van der Waals surface area contributed by atoms with Gasteiger partial charge in [0, 0.05) is 38.5 Å². The van der Waals surface area contributed by atoms with E-state index < -0.39 is 22.4 Å². The second-order valence-corrected chi connectivity index (χ2v) is 7.16. The number of aliphatic hydroxyl groups is 3. The molecule has 18 heavy (non-hydrogen) atoms. The van der Waals surface area contributed by atoms with Crippen LogP contribution in [0.25, 0.3) is 0 Å². The first-order valence-corrected chi connectivity index (χ1v) is 6.61. The maximum atomic E-state index is 10.5. The van der Waals surface area contributed by atoms with Crippen LogP contribution in [0.4, 0.5) is 0 Å². The average molecular weight is 254 g/mol. The van der Waals surface area contributed by atoms with E-state index in [2.05, 4.69) is 6.58 Å². The molecule has 4 bridgehead atoms. The first-order chi connectivity index (χ1) is 8.16. The van der Waals surface area contributed by atoms with Crippen molar-refractivity contribution in [3.05, 3.63) is 12.2 Å². The Morgan fingerprint density at radius 1 is 0.944 bits per heavy atom. The minimum Gasteiger partial charge on any atom is -0.390 e. The normalized spacial score (nSPS) is 53.8. The first-order valence-electron chi connectivity index (χ1n) is 6.61. The maximum Gasteiger partial charge on any atom is 0.0769 e. The molecule has 4 rings (SSSR count). The van der Waals surface area contributed by atoms with Crippen LogP contribution in [0.3, 0.4) is 0 Å². The molecule has 3 N–H and O–H groups in total. The molecule has 4 aliphatic rings. The lowest BCUT2D eigenvalue weighted by atomic mass is 9.48. The Bertz CT molecular complexity index is 349. The summed E-state index contributed by atoms with van der Waals surface area (Å²) in [6.07, 6.45) is 2.62. The summed E-state index contributed by atoms with van der Waals surface area (Å²) in [6.45, 7) is 6.12. The molecule has 4 heteroatoms. The fourth-order valence-corrected chi connectivity index (χ4v) is 4.82. The predicted octanol–water partition coefficient (Wildman–Crippen LogP) is 0.893. The molecule has 0 aromatic carbocycles. The fraction of sp³-hybridized carbons (Fsp3) is 0.857. The zero-order valence-corrected chi connectivity index (χ0v) is 10.9. The SMILES string of the molecule is C=C(C)COC12CC3(O)CC(O)(CC(O)(C3)C1)C2. The van der Waals surface area contributed by atoms with E-state index in [-0.39, 0.29) is 0 Å². The van der Waals surface area contributed by atoms with E-state index in [9.17, 15) is 15.3 Å². The van der Waals surface area contributed by atoms with Gasteiger partial charge in [0.2, 0.25) is 0 Å². The molecule has 0 atom stereocenters. The van der Waals surface area contributed by atoms with E-state index in [0.717, 1.165) is 5.57 Å². The molecule has 0 radical (unpaired) electrons. The van der Waals surface area contributed by atoms with Crippen molar-refractivity contribution in [1.82, 2.24) is 0 Å². The third kappa shape index (κ3) is 1.92. The Labute approximate surface area is 107 Å². The molecule has 4 fully saturated rings. The summed E-state index contributed by atoms with van der Waals surface area (Å²) in [5, 5.41) is 31.6. The summed E-state index contributed by atoms with van der Waals surface area (Å²) < 4.78 is 5.92.